The number of rotatable bonds is 7. The number of sulfonamides is 1. The van der Waals surface area contributed by atoms with Crippen molar-refractivity contribution in [1.29, 1.82) is 5.26 Å². The molecule has 1 N–H and O–H groups in total. The van der Waals surface area contributed by atoms with Gasteiger partial charge in [0, 0.05) is 14.1 Å². The zero-order chi connectivity index (χ0) is 19.5. The first kappa shape index (κ1) is 19.9. The molecule has 0 aliphatic heterocycles. The number of nitriles is 1. The van der Waals surface area contributed by atoms with Gasteiger partial charge in [0.2, 0.25) is 10.0 Å². The molecule has 1 fully saturated rings. The normalized spacial score (nSPS) is 16.4. The van der Waals surface area contributed by atoms with E-state index in [-0.39, 0.29) is 16.4 Å². The number of carbonyl (C=O) groups is 2. The maximum atomic E-state index is 12.0. The molecule has 1 saturated carbocycles. The highest BCUT2D eigenvalue weighted by Gasteiger charge is 2.43. The van der Waals surface area contributed by atoms with Crippen LogP contribution in [-0.2, 0) is 19.6 Å². The lowest BCUT2D eigenvalue weighted by Gasteiger charge is -2.22. The lowest BCUT2D eigenvalue weighted by atomic mass is 9.98. The van der Waals surface area contributed by atoms with Gasteiger partial charge in [0.1, 0.15) is 5.54 Å². The highest BCUT2D eigenvalue weighted by atomic mass is 32.2. The van der Waals surface area contributed by atoms with E-state index in [1.54, 1.807) is 6.92 Å². The summed E-state index contributed by atoms with van der Waals surface area (Å²) >= 11 is 0. The van der Waals surface area contributed by atoms with E-state index in [1.807, 2.05) is 0 Å². The van der Waals surface area contributed by atoms with E-state index in [2.05, 4.69) is 11.4 Å². The third-order valence-electron chi connectivity index (χ3n) is 4.23. The molecule has 0 heterocycles. The zero-order valence-electron chi connectivity index (χ0n) is 14.9. The molecule has 26 heavy (non-hydrogen) atoms. The summed E-state index contributed by atoms with van der Waals surface area (Å²) < 4.78 is 30.0. The highest BCUT2D eigenvalue weighted by molar-refractivity contribution is 7.89. The van der Waals surface area contributed by atoms with Gasteiger partial charge in [-0.25, -0.2) is 17.5 Å². The van der Waals surface area contributed by atoms with Gasteiger partial charge in [-0.05, 0) is 49.9 Å². The number of amides is 1. The van der Waals surface area contributed by atoms with Crippen LogP contribution in [0, 0.1) is 17.2 Å². The van der Waals surface area contributed by atoms with Gasteiger partial charge in [0.15, 0.2) is 6.61 Å². The van der Waals surface area contributed by atoms with Gasteiger partial charge in [0.25, 0.3) is 5.91 Å². The summed E-state index contributed by atoms with van der Waals surface area (Å²) in [5.74, 6) is -1.18. The molecule has 0 bridgehead atoms. The summed E-state index contributed by atoms with van der Waals surface area (Å²) in [5, 5.41) is 11.8. The molecule has 8 nitrogen and oxygen atoms in total. The topological polar surface area (TPSA) is 117 Å². The standard InChI is InChI=1S/C17H21N3O5S/c1-17(11-18,13-6-7-13)19-15(21)10-25-16(22)12-4-8-14(9-5-12)26(23,24)20(2)3/h4-5,8-9,13H,6-7,10H2,1-3H3,(H,19,21)/t17-/m1/s1. The average molecular weight is 379 g/mol. The Bertz CT molecular complexity index is 838. The summed E-state index contributed by atoms with van der Waals surface area (Å²) in [5.41, 5.74) is -0.827. The van der Waals surface area contributed by atoms with Crippen molar-refractivity contribution in [2.24, 2.45) is 5.92 Å². The number of carbonyl (C=O) groups excluding carboxylic acids is 2. The van der Waals surface area contributed by atoms with Crippen LogP contribution in [-0.4, -0.2) is 50.8 Å². The number of ether oxygens (including phenoxy) is 1. The molecule has 0 spiro atoms. The Kier molecular flexibility index (Phi) is 5.68. The number of nitrogens with one attached hydrogen (secondary N) is 1. The molecule has 1 aromatic rings. The molecule has 2 rings (SSSR count). The molecule has 0 saturated heterocycles. The number of hydrogen-bond donors (Lipinski definition) is 1. The Labute approximate surface area is 152 Å². The van der Waals surface area contributed by atoms with Crippen molar-refractivity contribution >= 4 is 21.9 Å². The maximum Gasteiger partial charge on any atom is 0.338 e. The van der Waals surface area contributed by atoms with Crippen LogP contribution in [0.4, 0.5) is 0 Å². The summed E-state index contributed by atoms with van der Waals surface area (Å²) in [7, 11) is -0.765. The van der Waals surface area contributed by atoms with Gasteiger partial charge in [-0.2, -0.15) is 5.26 Å². The zero-order valence-corrected chi connectivity index (χ0v) is 15.7. The number of benzene rings is 1. The fraction of sp³-hybridized carbons (Fsp3) is 0.471. The molecule has 0 unspecified atom stereocenters. The SMILES string of the molecule is CN(C)S(=O)(=O)c1ccc(C(=O)OCC(=O)N[C@](C)(C#N)C2CC2)cc1. The molecule has 140 valence electrons. The van der Waals surface area contributed by atoms with Gasteiger partial charge in [-0.3, -0.25) is 4.79 Å². The Morgan fingerprint density at radius 1 is 1.31 bits per heavy atom. The third-order valence-corrected chi connectivity index (χ3v) is 6.06. The Morgan fingerprint density at radius 2 is 1.88 bits per heavy atom. The van der Waals surface area contributed by atoms with Crippen molar-refractivity contribution in [1.82, 2.24) is 9.62 Å². The predicted molar refractivity (Wildman–Crippen MR) is 92.5 cm³/mol. The smallest absolute Gasteiger partial charge is 0.338 e. The van der Waals surface area contributed by atoms with Gasteiger partial charge in [0.05, 0.1) is 16.5 Å². The fourth-order valence-electron chi connectivity index (χ4n) is 2.40. The second kappa shape index (κ2) is 7.43. The largest absolute Gasteiger partial charge is 0.452 e. The van der Waals surface area contributed by atoms with Gasteiger partial charge in [-0.15, -0.1) is 0 Å². The van der Waals surface area contributed by atoms with Crippen LogP contribution in [0.3, 0.4) is 0 Å². The number of esters is 1. The lowest BCUT2D eigenvalue weighted by Crippen LogP contribution is -2.48. The molecule has 1 amide bonds. The fourth-order valence-corrected chi connectivity index (χ4v) is 3.30. The molecular formula is C17H21N3O5S. The van der Waals surface area contributed by atoms with E-state index < -0.39 is 34.0 Å². The molecule has 1 aliphatic carbocycles. The molecule has 1 aliphatic rings. The van der Waals surface area contributed by atoms with E-state index in [0.717, 1.165) is 17.1 Å². The van der Waals surface area contributed by atoms with Crippen molar-refractivity contribution in [3.05, 3.63) is 29.8 Å². The van der Waals surface area contributed by atoms with E-state index in [4.69, 9.17) is 4.74 Å². The van der Waals surface area contributed by atoms with Crippen LogP contribution < -0.4 is 5.32 Å². The van der Waals surface area contributed by atoms with Crippen molar-refractivity contribution in [3.8, 4) is 6.07 Å². The second-order valence-electron chi connectivity index (χ2n) is 6.52. The lowest BCUT2D eigenvalue weighted by molar-refractivity contribution is -0.125. The van der Waals surface area contributed by atoms with Crippen molar-refractivity contribution < 1.29 is 22.7 Å². The van der Waals surface area contributed by atoms with Crippen LogP contribution in [0.2, 0.25) is 0 Å². The van der Waals surface area contributed by atoms with Crippen LogP contribution in [0.15, 0.2) is 29.2 Å². The van der Waals surface area contributed by atoms with E-state index in [1.165, 1.54) is 38.4 Å². The summed E-state index contributed by atoms with van der Waals surface area (Å²) in [4.78, 5) is 24.0. The molecule has 0 aromatic heterocycles. The average Bonchev–Trinajstić information content (AvgIpc) is 3.45. The summed E-state index contributed by atoms with van der Waals surface area (Å²) in [6, 6.07) is 7.32. The van der Waals surface area contributed by atoms with Crippen molar-refractivity contribution in [2.75, 3.05) is 20.7 Å². The minimum absolute atomic E-state index is 0.0472. The van der Waals surface area contributed by atoms with Crippen LogP contribution in [0.1, 0.15) is 30.1 Å². The van der Waals surface area contributed by atoms with Crippen molar-refractivity contribution in [3.63, 3.8) is 0 Å². The Hall–Kier alpha value is -2.44. The Balaban J connectivity index is 1.94. The third kappa shape index (κ3) is 4.39. The van der Waals surface area contributed by atoms with Crippen LogP contribution >= 0.6 is 0 Å². The highest BCUT2D eigenvalue weighted by Crippen LogP contribution is 2.39. The monoisotopic (exact) mass is 379 g/mol. The first-order valence-corrected chi connectivity index (χ1v) is 9.46. The molecular weight excluding hydrogens is 358 g/mol. The van der Waals surface area contributed by atoms with Crippen LogP contribution in [0.5, 0.6) is 0 Å². The van der Waals surface area contributed by atoms with Crippen LogP contribution in [0.25, 0.3) is 0 Å². The summed E-state index contributed by atoms with van der Waals surface area (Å²) in [6.45, 7) is 1.13. The number of hydrogen-bond acceptors (Lipinski definition) is 6. The second-order valence-corrected chi connectivity index (χ2v) is 8.68. The maximum absolute atomic E-state index is 12.0. The molecule has 0 radical (unpaired) electrons. The van der Waals surface area contributed by atoms with E-state index in [9.17, 15) is 23.3 Å². The first-order valence-electron chi connectivity index (χ1n) is 8.02. The minimum Gasteiger partial charge on any atom is -0.452 e. The molecule has 1 atom stereocenters. The van der Waals surface area contributed by atoms with Gasteiger partial charge < -0.3 is 10.1 Å². The van der Waals surface area contributed by atoms with Crippen molar-refractivity contribution in [2.45, 2.75) is 30.2 Å². The molecule has 9 heteroatoms. The predicted octanol–water partition coefficient (Wildman–Crippen LogP) is 0.902. The number of nitrogens with zero attached hydrogens (tertiary/aromatic N) is 2. The minimum atomic E-state index is -3.58. The van der Waals surface area contributed by atoms with E-state index in [0.29, 0.717) is 0 Å². The molecule has 1 aromatic carbocycles. The van der Waals surface area contributed by atoms with Gasteiger partial charge >= 0.3 is 5.97 Å². The quantitative estimate of drug-likeness (QED) is 0.704. The summed E-state index contributed by atoms with van der Waals surface area (Å²) in [6.07, 6.45) is 1.76. The van der Waals surface area contributed by atoms with Gasteiger partial charge in [-0.1, -0.05) is 0 Å². The first-order chi connectivity index (χ1) is 12.1. The van der Waals surface area contributed by atoms with E-state index >= 15 is 0 Å². The Morgan fingerprint density at radius 3 is 2.35 bits per heavy atom.